The van der Waals surface area contributed by atoms with Gasteiger partial charge < -0.3 is 4.90 Å². The van der Waals surface area contributed by atoms with Gasteiger partial charge in [-0.3, -0.25) is 4.79 Å². The minimum absolute atomic E-state index is 0.161. The number of alkyl halides is 3. The lowest BCUT2D eigenvalue weighted by molar-refractivity contribution is -0.190. The largest absolute Gasteiger partial charge is 0.471 e. The van der Waals surface area contributed by atoms with Crippen molar-refractivity contribution in [1.29, 1.82) is 0 Å². The molecule has 1 aromatic heterocycles. The summed E-state index contributed by atoms with van der Waals surface area (Å²) < 4.78 is 39.8. The van der Waals surface area contributed by atoms with E-state index in [0.29, 0.717) is 10.6 Å². The smallest absolute Gasteiger partial charge is 0.325 e. The number of hydrogen-bond donors (Lipinski definition) is 0. The molecule has 0 saturated heterocycles. The van der Waals surface area contributed by atoms with Crippen molar-refractivity contribution in [1.82, 2.24) is 25.1 Å². The Kier molecular flexibility index (Phi) is 4.63. The van der Waals surface area contributed by atoms with Crippen LogP contribution in [-0.2, 0) is 10.3 Å². The van der Waals surface area contributed by atoms with Gasteiger partial charge in [-0.05, 0) is 42.8 Å². The van der Waals surface area contributed by atoms with E-state index in [4.69, 9.17) is 0 Å². The number of hydrogen-bond acceptors (Lipinski definition) is 4. The van der Waals surface area contributed by atoms with Gasteiger partial charge in [0.1, 0.15) is 5.54 Å². The number of carbonyl (C=O) groups excluding carboxylic acids is 1. The average Bonchev–Trinajstić information content (AvgIpc) is 3.02. The first-order valence-electron chi connectivity index (χ1n) is 7.32. The van der Waals surface area contributed by atoms with E-state index in [2.05, 4.69) is 15.5 Å². The number of aromatic nitrogens is 4. The van der Waals surface area contributed by atoms with Crippen LogP contribution in [0.1, 0.15) is 31.7 Å². The molecular formula is C15H18F3N5O. The van der Waals surface area contributed by atoms with E-state index in [-0.39, 0.29) is 12.2 Å². The first kappa shape index (κ1) is 17.9. The van der Waals surface area contributed by atoms with Crippen molar-refractivity contribution in [3.05, 3.63) is 35.7 Å². The maximum atomic E-state index is 12.8. The van der Waals surface area contributed by atoms with E-state index >= 15 is 0 Å². The molecule has 6 nitrogen and oxygen atoms in total. The molecule has 1 heterocycles. The van der Waals surface area contributed by atoms with Gasteiger partial charge in [-0.2, -0.15) is 17.9 Å². The number of benzene rings is 1. The number of rotatable bonds is 4. The summed E-state index contributed by atoms with van der Waals surface area (Å²) in [6.45, 7) is 5.09. The molecular weight excluding hydrogens is 323 g/mol. The second kappa shape index (κ2) is 6.21. The van der Waals surface area contributed by atoms with E-state index in [1.54, 1.807) is 19.1 Å². The summed E-state index contributed by atoms with van der Waals surface area (Å²) >= 11 is 0. The minimum Gasteiger partial charge on any atom is -0.325 e. The maximum absolute atomic E-state index is 12.8. The zero-order valence-electron chi connectivity index (χ0n) is 13.8. The van der Waals surface area contributed by atoms with Crippen molar-refractivity contribution in [3.63, 3.8) is 0 Å². The Morgan fingerprint density at radius 3 is 2.33 bits per heavy atom. The summed E-state index contributed by atoms with van der Waals surface area (Å²) in [4.78, 5) is 12.3. The lowest BCUT2D eigenvalue weighted by atomic mass is 9.95. The third kappa shape index (κ3) is 3.10. The molecule has 0 unspecified atom stereocenters. The lowest BCUT2D eigenvalue weighted by Crippen LogP contribution is -2.51. The van der Waals surface area contributed by atoms with Crippen molar-refractivity contribution < 1.29 is 18.0 Å². The van der Waals surface area contributed by atoms with E-state index < -0.39 is 17.6 Å². The molecule has 2 aromatic rings. The molecule has 1 atom stereocenters. The number of carbonyl (C=O) groups is 1. The van der Waals surface area contributed by atoms with Gasteiger partial charge in [0.2, 0.25) is 0 Å². The fourth-order valence-electron chi connectivity index (χ4n) is 2.34. The zero-order valence-corrected chi connectivity index (χ0v) is 13.8. The van der Waals surface area contributed by atoms with Crippen LogP contribution in [0.5, 0.6) is 0 Å². The highest BCUT2D eigenvalue weighted by molar-refractivity contribution is 5.82. The number of aryl methyl sites for hydroxylation is 1. The molecule has 130 valence electrons. The van der Waals surface area contributed by atoms with Gasteiger partial charge in [0.05, 0.1) is 5.69 Å². The topological polar surface area (TPSA) is 63.9 Å². The van der Waals surface area contributed by atoms with Gasteiger partial charge in [0.15, 0.2) is 5.82 Å². The highest BCUT2D eigenvalue weighted by Crippen LogP contribution is 2.33. The molecule has 0 fully saturated rings. The maximum Gasteiger partial charge on any atom is 0.471 e. The Hall–Kier alpha value is -2.45. The molecule has 0 spiro atoms. The quantitative estimate of drug-likeness (QED) is 0.857. The van der Waals surface area contributed by atoms with Crippen molar-refractivity contribution >= 4 is 5.91 Å². The Bertz CT molecular complexity index is 725. The molecule has 0 bridgehead atoms. The third-order valence-electron chi connectivity index (χ3n) is 4.21. The first-order chi connectivity index (χ1) is 11.1. The van der Waals surface area contributed by atoms with E-state index in [0.717, 1.165) is 12.6 Å². The van der Waals surface area contributed by atoms with Crippen LogP contribution in [0.2, 0.25) is 0 Å². The van der Waals surface area contributed by atoms with Crippen LogP contribution in [-0.4, -0.2) is 44.2 Å². The van der Waals surface area contributed by atoms with Gasteiger partial charge in [0.25, 0.3) is 0 Å². The number of tetrazole rings is 1. The molecule has 1 amide bonds. The highest BCUT2D eigenvalue weighted by atomic mass is 19.4. The highest BCUT2D eigenvalue weighted by Gasteiger charge is 2.48. The third-order valence-corrected chi connectivity index (χ3v) is 4.21. The molecule has 0 saturated carbocycles. The van der Waals surface area contributed by atoms with Crippen molar-refractivity contribution in [2.75, 3.05) is 7.05 Å². The predicted octanol–water partition coefficient (Wildman–Crippen LogP) is 2.62. The van der Waals surface area contributed by atoms with Gasteiger partial charge in [0, 0.05) is 7.05 Å². The van der Waals surface area contributed by atoms with Crippen LogP contribution in [0.3, 0.4) is 0 Å². The van der Waals surface area contributed by atoms with Gasteiger partial charge in [-0.1, -0.05) is 24.6 Å². The lowest BCUT2D eigenvalue weighted by Gasteiger charge is -2.37. The van der Waals surface area contributed by atoms with E-state index in [1.807, 2.05) is 19.1 Å². The number of nitrogens with zero attached hydrogens (tertiary/aromatic N) is 5. The van der Waals surface area contributed by atoms with Crippen LogP contribution < -0.4 is 0 Å². The van der Waals surface area contributed by atoms with E-state index in [1.165, 1.54) is 11.6 Å². The summed E-state index contributed by atoms with van der Waals surface area (Å²) in [6, 6.07) is 7.21. The van der Waals surface area contributed by atoms with Gasteiger partial charge >= 0.3 is 12.1 Å². The molecule has 0 radical (unpaired) electrons. The summed E-state index contributed by atoms with van der Waals surface area (Å²) in [5.74, 6) is -1.78. The van der Waals surface area contributed by atoms with Crippen molar-refractivity contribution in [3.8, 4) is 5.69 Å². The minimum atomic E-state index is -4.96. The molecule has 0 aliphatic rings. The average molecular weight is 341 g/mol. The van der Waals surface area contributed by atoms with Crippen LogP contribution in [0.4, 0.5) is 13.2 Å². The second-order valence-corrected chi connectivity index (χ2v) is 5.74. The molecule has 0 aliphatic heterocycles. The van der Waals surface area contributed by atoms with Crippen LogP contribution >= 0.6 is 0 Å². The summed E-state index contributed by atoms with van der Waals surface area (Å²) in [7, 11) is 1.10. The zero-order chi connectivity index (χ0) is 18.1. The Morgan fingerprint density at radius 1 is 1.25 bits per heavy atom. The van der Waals surface area contributed by atoms with Gasteiger partial charge in [-0.25, -0.2) is 0 Å². The Morgan fingerprint density at radius 2 is 1.83 bits per heavy atom. The molecule has 2 rings (SSSR count). The fourth-order valence-corrected chi connectivity index (χ4v) is 2.34. The summed E-state index contributed by atoms with van der Waals surface area (Å²) in [5.41, 5.74) is 0.310. The molecule has 24 heavy (non-hydrogen) atoms. The van der Waals surface area contributed by atoms with Crippen molar-refractivity contribution in [2.24, 2.45) is 0 Å². The first-order valence-corrected chi connectivity index (χ1v) is 7.32. The Labute approximate surface area is 137 Å². The molecule has 9 heteroatoms. The Balaban J connectivity index is 2.50. The summed E-state index contributed by atoms with van der Waals surface area (Å²) in [6.07, 6.45) is -4.76. The van der Waals surface area contributed by atoms with Crippen molar-refractivity contribution in [2.45, 2.75) is 38.9 Å². The number of amides is 1. The fraction of sp³-hybridized carbons (Fsp3) is 0.467. The SMILES string of the molecule is CC[C@](C)(c1nnnn1-c1ccc(C)cc1)N(C)C(=O)C(F)(F)F. The standard InChI is InChI=1S/C15H18F3N5O/c1-5-14(3,22(4)13(24)15(16,17)18)12-19-20-21-23(12)11-8-6-10(2)7-9-11/h6-9H,5H2,1-4H3/t14-/m1/s1. The van der Waals surface area contributed by atoms with Crippen LogP contribution in [0.15, 0.2) is 24.3 Å². The second-order valence-electron chi connectivity index (χ2n) is 5.74. The van der Waals surface area contributed by atoms with E-state index in [9.17, 15) is 18.0 Å². The monoisotopic (exact) mass is 341 g/mol. The molecule has 0 aliphatic carbocycles. The van der Waals surface area contributed by atoms with Gasteiger partial charge in [-0.15, -0.1) is 5.10 Å². The normalized spacial score (nSPS) is 14.3. The molecule has 1 aromatic carbocycles. The predicted molar refractivity (Wildman–Crippen MR) is 80.4 cm³/mol. The molecule has 0 N–H and O–H groups in total. The van der Waals surface area contributed by atoms with Crippen LogP contribution in [0, 0.1) is 6.92 Å². The summed E-state index contributed by atoms with van der Waals surface area (Å²) in [5, 5.41) is 11.3. The number of halogens is 3. The van der Waals surface area contributed by atoms with Crippen LogP contribution in [0.25, 0.3) is 5.69 Å².